The Morgan fingerprint density at radius 1 is 1.55 bits per heavy atom. The standard InChI is InChI=1S/C7H6I2N.Y/c1-5-6(8)3-10(2)4-7(5)9;/h3H,1H2,2H3;/q-1;. The van der Waals surface area contributed by atoms with Gasteiger partial charge in [-0.3, -0.25) is 0 Å². The van der Waals surface area contributed by atoms with Gasteiger partial charge in [-0.15, -0.1) is 12.2 Å². The van der Waals surface area contributed by atoms with Crippen molar-refractivity contribution in [2.24, 2.45) is 0 Å². The van der Waals surface area contributed by atoms with Crippen LogP contribution in [0.5, 0.6) is 0 Å². The first kappa shape index (κ1) is 12.6. The van der Waals surface area contributed by atoms with E-state index < -0.39 is 0 Å². The Morgan fingerprint density at radius 2 is 2.09 bits per heavy atom. The Labute approximate surface area is 120 Å². The van der Waals surface area contributed by atoms with Gasteiger partial charge in [0.05, 0.1) is 0 Å². The Hall–Kier alpha value is 1.58. The van der Waals surface area contributed by atoms with Crippen LogP contribution in [0, 0.1) is 6.20 Å². The van der Waals surface area contributed by atoms with Gasteiger partial charge in [0.15, 0.2) is 0 Å². The Balaban J connectivity index is 0.000001000. The smallest absolute Gasteiger partial charge is 0 e. The third-order valence-corrected chi connectivity index (χ3v) is 2.96. The molecule has 1 rings (SSSR count). The molecule has 0 saturated heterocycles. The fourth-order valence-corrected chi connectivity index (χ4v) is 2.48. The van der Waals surface area contributed by atoms with Crippen molar-refractivity contribution in [1.29, 1.82) is 0 Å². The Kier molecular flexibility index (Phi) is 6.11. The summed E-state index contributed by atoms with van der Waals surface area (Å²) < 4.78 is 2.27. The van der Waals surface area contributed by atoms with Gasteiger partial charge in [-0.2, -0.15) is 0 Å². The number of nitrogens with zero attached hydrogens (tertiary/aromatic N) is 1. The molecule has 57 valence electrons. The van der Waals surface area contributed by atoms with Crippen molar-refractivity contribution in [3.05, 3.63) is 31.7 Å². The normalized spacial score (nSPS) is 17.0. The van der Waals surface area contributed by atoms with Crippen molar-refractivity contribution >= 4 is 45.2 Å². The van der Waals surface area contributed by atoms with Gasteiger partial charge in [-0.05, 0) is 7.05 Å². The molecule has 1 heterocycles. The van der Waals surface area contributed by atoms with E-state index in [9.17, 15) is 0 Å². The van der Waals surface area contributed by atoms with Crippen molar-refractivity contribution in [3.63, 3.8) is 0 Å². The van der Waals surface area contributed by atoms with Crippen LogP contribution in [-0.2, 0) is 32.7 Å². The zero-order chi connectivity index (χ0) is 7.72. The van der Waals surface area contributed by atoms with E-state index in [1.807, 2.05) is 18.1 Å². The van der Waals surface area contributed by atoms with Gasteiger partial charge in [-0.1, -0.05) is 64.7 Å². The molecule has 4 heteroatoms. The van der Waals surface area contributed by atoms with E-state index in [2.05, 4.69) is 58.0 Å². The summed E-state index contributed by atoms with van der Waals surface area (Å²) in [6, 6.07) is 0. The molecule has 0 bridgehead atoms. The molecule has 11 heavy (non-hydrogen) atoms. The molecule has 1 radical (unpaired) electrons. The topological polar surface area (TPSA) is 3.24 Å². The largest absolute Gasteiger partial charge is 0.462 e. The van der Waals surface area contributed by atoms with Crippen LogP contribution in [-0.4, -0.2) is 11.9 Å². The van der Waals surface area contributed by atoms with Gasteiger partial charge < -0.3 is 4.90 Å². The van der Waals surface area contributed by atoms with Gasteiger partial charge in [0, 0.05) is 32.7 Å². The quantitative estimate of drug-likeness (QED) is 0.408. The number of hydrogen-bond donors (Lipinski definition) is 0. The summed E-state index contributed by atoms with van der Waals surface area (Å²) >= 11 is 4.50. The molecule has 0 fully saturated rings. The number of allylic oxidation sites excluding steroid dienone is 3. The predicted octanol–water partition coefficient (Wildman–Crippen LogP) is 2.84. The molecule has 0 atom stereocenters. The van der Waals surface area contributed by atoms with E-state index in [0.717, 1.165) is 9.15 Å². The molecule has 1 nitrogen and oxygen atoms in total. The van der Waals surface area contributed by atoms with Crippen LogP contribution >= 0.6 is 45.2 Å². The molecule has 1 aliphatic heterocycles. The minimum Gasteiger partial charge on any atom is -0.462 e. The summed E-state index contributed by atoms with van der Waals surface area (Å²) in [6.45, 7) is 3.90. The van der Waals surface area contributed by atoms with Crippen LogP contribution in [0.1, 0.15) is 0 Å². The third-order valence-electron chi connectivity index (χ3n) is 1.13. The van der Waals surface area contributed by atoms with E-state index in [0.29, 0.717) is 0 Å². The molecule has 0 aromatic carbocycles. The van der Waals surface area contributed by atoms with Crippen molar-refractivity contribution in [2.45, 2.75) is 0 Å². The van der Waals surface area contributed by atoms with E-state index >= 15 is 0 Å². The molecule has 0 aliphatic carbocycles. The van der Waals surface area contributed by atoms with E-state index in [4.69, 9.17) is 0 Å². The van der Waals surface area contributed by atoms with Gasteiger partial charge in [0.1, 0.15) is 0 Å². The van der Waals surface area contributed by atoms with Crippen LogP contribution < -0.4 is 0 Å². The fraction of sp³-hybridized carbons (Fsp3) is 0.143. The average molecular weight is 447 g/mol. The van der Waals surface area contributed by atoms with Crippen LogP contribution in [0.15, 0.2) is 25.5 Å². The van der Waals surface area contributed by atoms with Gasteiger partial charge in [0.25, 0.3) is 0 Å². The van der Waals surface area contributed by atoms with E-state index in [1.165, 1.54) is 3.58 Å². The summed E-state index contributed by atoms with van der Waals surface area (Å²) in [5, 5.41) is 0. The summed E-state index contributed by atoms with van der Waals surface area (Å²) in [5.41, 5.74) is 1.07. The minimum absolute atomic E-state index is 0. The number of hydrogen-bond acceptors (Lipinski definition) is 1. The van der Waals surface area contributed by atoms with Crippen LogP contribution in [0.2, 0.25) is 0 Å². The summed E-state index contributed by atoms with van der Waals surface area (Å²) in [6.07, 6.45) is 5.12. The molecule has 0 amide bonds. The first-order valence-electron chi connectivity index (χ1n) is 2.70. The van der Waals surface area contributed by atoms with Crippen molar-refractivity contribution in [3.8, 4) is 0 Å². The van der Waals surface area contributed by atoms with Crippen molar-refractivity contribution < 1.29 is 32.7 Å². The molecular weight excluding hydrogens is 441 g/mol. The SMILES string of the molecule is C=C1C(I)=[C-]N(C)C=C1I.[Y]. The molecule has 0 spiro atoms. The monoisotopic (exact) mass is 447 g/mol. The zero-order valence-electron chi connectivity index (χ0n) is 6.06. The maximum atomic E-state index is 3.90. The fourth-order valence-electron chi connectivity index (χ4n) is 0.607. The molecule has 1 aliphatic rings. The molecule has 0 aromatic heterocycles. The summed E-state index contributed by atoms with van der Waals surface area (Å²) in [4.78, 5) is 1.91. The minimum atomic E-state index is 0. The van der Waals surface area contributed by atoms with Crippen molar-refractivity contribution in [2.75, 3.05) is 7.05 Å². The second-order valence-electron chi connectivity index (χ2n) is 1.99. The second kappa shape index (κ2) is 5.34. The molecular formula is C7H6I2NY-. The van der Waals surface area contributed by atoms with E-state index in [-0.39, 0.29) is 32.7 Å². The predicted molar refractivity (Wildman–Crippen MR) is 59.8 cm³/mol. The molecule has 0 unspecified atom stereocenters. The average Bonchev–Trinajstić information content (AvgIpc) is 1.82. The summed E-state index contributed by atoms with van der Waals surface area (Å²) in [5.74, 6) is 0. The maximum absolute atomic E-state index is 3.90. The maximum Gasteiger partial charge on any atom is 0 e. The first-order chi connectivity index (χ1) is 4.61. The molecule has 0 saturated carbocycles. The van der Waals surface area contributed by atoms with Crippen molar-refractivity contribution in [1.82, 2.24) is 4.90 Å². The number of halogens is 2. The third kappa shape index (κ3) is 3.44. The molecule has 0 aromatic rings. The van der Waals surface area contributed by atoms with Crippen LogP contribution in [0.25, 0.3) is 0 Å². The van der Waals surface area contributed by atoms with Gasteiger partial charge in [-0.25, -0.2) is 0 Å². The second-order valence-corrected chi connectivity index (χ2v) is 4.23. The summed E-state index contributed by atoms with van der Waals surface area (Å²) in [7, 11) is 1.96. The molecule has 0 N–H and O–H groups in total. The zero-order valence-corrected chi connectivity index (χ0v) is 13.2. The Bertz CT molecular complexity index is 211. The Morgan fingerprint density at radius 3 is 2.55 bits per heavy atom. The van der Waals surface area contributed by atoms with Crippen LogP contribution in [0.4, 0.5) is 0 Å². The van der Waals surface area contributed by atoms with Gasteiger partial charge >= 0.3 is 0 Å². The van der Waals surface area contributed by atoms with Gasteiger partial charge in [0.2, 0.25) is 0 Å². The number of rotatable bonds is 0. The van der Waals surface area contributed by atoms with E-state index in [1.54, 1.807) is 0 Å². The first-order valence-corrected chi connectivity index (χ1v) is 4.86. The van der Waals surface area contributed by atoms with Crippen LogP contribution in [0.3, 0.4) is 0 Å².